The summed E-state index contributed by atoms with van der Waals surface area (Å²) in [5.74, 6) is -0.541. The normalized spacial score (nSPS) is 11.6. The highest BCUT2D eigenvalue weighted by atomic mass is 19.4. The Morgan fingerprint density at radius 3 is 2.30 bits per heavy atom. The Labute approximate surface area is 128 Å². The van der Waals surface area contributed by atoms with E-state index in [0.29, 0.717) is 5.56 Å². The molecule has 116 valence electrons. The fraction of sp³-hybridized carbons (Fsp3) is 0.0588. The molecule has 3 aromatic rings. The molecular formula is C17H9F3O3. The third-order valence-electron chi connectivity index (χ3n) is 3.34. The number of hydrogen-bond acceptors (Lipinski definition) is 3. The minimum atomic E-state index is -4.54. The van der Waals surface area contributed by atoms with Crippen LogP contribution in [0.15, 0.2) is 63.8 Å². The SMILES string of the molecule is O=C(c1ccccc1)c1cc2ccc(C(F)(F)F)cc2oc1=O. The van der Waals surface area contributed by atoms with E-state index in [1.807, 2.05) is 0 Å². The van der Waals surface area contributed by atoms with Crippen LogP contribution in [-0.4, -0.2) is 5.78 Å². The van der Waals surface area contributed by atoms with Crippen molar-refractivity contribution < 1.29 is 22.4 Å². The molecule has 0 fully saturated rings. The van der Waals surface area contributed by atoms with Crippen LogP contribution < -0.4 is 5.63 Å². The van der Waals surface area contributed by atoms with Gasteiger partial charge in [-0.25, -0.2) is 4.79 Å². The summed E-state index contributed by atoms with van der Waals surface area (Å²) in [7, 11) is 0. The van der Waals surface area contributed by atoms with Crippen LogP contribution in [-0.2, 0) is 6.18 Å². The summed E-state index contributed by atoms with van der Waals surface area (Å²) in [6.45, 7) is 0. The third kappa shape index (κ3) is 2.88. The zero-order valence-corrected chi connectivity index (χ0v) is 11.6. The highest BCUT2D eigenvalue weighted by molar-refractivity contribution is 6.09. The van der Waals surface area contributed by atoms with Crippen LogP contribution in [0, 0.1) is 0 Å². The predicted octanol–water partition coefficient (Wildman–Crippen LogP) is 4.04. The van der Waals surface area contributed by atoms with Gasteiger partial charge < -0.3 is 4.42 Å². The van der Waals surface area contributed by atoms with Crippen molar-refractivity contribution in [3.63, 3.8) is 0 Å². The first-order valence-corrected chi connectivity index (χ1v) is 6.61. The summed E-state index contributed by atoms with van der Waals surface area (Å²) in [5, 5.41) is 0.247. The summed E-state index contributed by atoms with van der Waals surface area (Å²) in [5.41, 5.74) is -2.02. The number of alkyl halides is 3. The van der Waals surface area contributed by atoms with Crippen LogP contribution in [0.4, 0.5) is 13.2 Å². The highest BCUT2D eigenvalue weighted by Crippen LogP contribution is 2.31. The van der Waals surface area contributed by atoms with Gasteiger partial charge in [0.05, 0.1) is 5.56 Å². The van der Waals surface area contributed by atoms with Crippen molar-refractivity contribution in [1.29, 1.82) is 0 Å². The van der Waals surface area contributed by atoms with E-state index in [9.17, 15) is 22.8 Å². The molecule has 0 aliphatic rings. The summed E-state index contributed by atoms with van der Waals surface area (Å²) in [6, 6.07) is 12.1. The van der Waals surface area contributed by atoms with Crippen LogP contribution in [0.25, 0.3) is 11.0 Å². The smallest absolute Gasteiger partial charge is 0.416 e. The number of fused-ring (bicyclic) bond motifs is 1. The summed E-state index contributed by atoms with van der Waals surface area (Å²) >= 11 is 0. The number of rotatable bonds is 2. The molecule has 0 amide bonds. The topological polar surface area (TPSA) is 47.3 Å². The second-order valence-electron chi connectivity index (χ2n) is 4.89. The fourth-order valence-electron chi connectivity index (χ4n) is 2.19. The van der Waals surface area contributed by atoms with Crippen molar-refractivity contribution in [2.75, 3.05) is 0 Å². The van der Waals surface area contributed by atoms with Crippen LogP contribution in [0.5, 0.6) is 0 Å². The van der Waals surface area contributed by atoms with Crippen LogP contribution in [0.3, 0.4) is 0 Å². The van der Waals surface area contributed by atoms with E-state index in [4.69, 9.17) is 4.42 Å². The van der Waals surface area contributed by atoms with Gasteiger partial charge in [-0.1, -0.05) is 36.4 Å². The van der Waals surface area contributed by atoms with E-state index in [1.165, 1.54) is 12.1 Å². The van der Waals surface area contributed by atoms with Gasteiger partial charge in [-0.05, 0) is 18.2 Å². The number of carbonyl (C=O) groups excluding carboxylic acids is 1. The third-order valence-corrected chi connectivity index (χ3v) is 3.34. The molecule has 2 aromatic carbocycles. The number of carbonyl (C=O) groups is 1. The number of halogens is 3. The average Bonchev–Trinajstić information content (AvgIpc) is 2.53. The molecule has 1 heterocycles. The van der Waals surface area contributed by atoms with Crippen LogP contribution in [0.2, 0.25) is 0 Å². The lowest BCUT2D eigenvalue weighted by Crippen LogP contribution is -2.15. The summed E-state index contributed by atoms with van der Waals surface area (Å²) in [6.07, 6.45) is -4.54. The molecule has 0 atom stereocenters. The zero-order chi connectivity index (χ0) is 16.6. The number of hydrogen-bond donors (Lipinski definition) is 0. The number of ketones is 1. The van der Waals surface area contributed by atoms with Crippen LogP contribution in [0.1, 0.15) is 21.5 Å². The van der Waals surface area contributed by atoms with E-state index >= 15 is 0 Å². The minimum absolute atomic E-state index is 0.213. The van der Waals surface area contributed by atoms with Gasteiger partial charge in [0.25, 0.3) is 0 Å². The van der Waals surface area contributed by atoms with Gasteiger partial charge in [0.15, 0.2) is 5.78 Å². The maximum atomic E-state index is 12.7. The average molecular weight is 318 g/mol. The maximum Gasteiger partial charge on any atom is 0.416 e. The predicted molar refractivity (Wildman–Crippen MR) is 77.4 cm³/mol. The molecule has 0 spiro atoms. The van der Waals surface area contributed by atoms with E-state index in [2.05, 4.69) is 0 Å². The van der Waals surface area contributed by atoms with Crippen molar-refractivity contribution in [2.24, 2.45) is 0 Å². The Hall–Kier alpha value is -2.89. The molecule has 0 N–H and O–H groups in total. The van der Waals surface area contributed by atoms with Crippen molar-refractivity contribution in [3.8, 4) is 0 Å². The summed E-state index contributed by atoms with van der Waals surface area (Å²) < 4.78 is 42.9. The Balaban J connectivity index is 2.13. The van der Waals surface area contributed by atoms with Crippen molar-refractivity contribution >= 4 is 16.8 Å². The molecule has 6 heteroatoms. The molecule has 0 saturated carbocycles. The quantitative estimate of drug-likeness (QED) is 0.529. The van der Waals surface area contributed by atoms with Gasteiger partial charge in [0.2, 0.25) is 0 Å². The fourth-order valence-corrected chi connectivity index (χ4v) is 2.19. The lowest BCUT2D eigenvalue weighted by atomic mass is 10.0. The van der Waals surface area contributed by atoms with E-state index in [-0.39, 0.29) is 16.5 Å². The molecule has 0 saturated heterocycles. The molecule has 23 heavy (non-hydrogen) atoms. The van der Waals surface area contributed by atoms with Crippen molar-refractivity contribution in [2.45, 2.75) is 6.18 Å². The van der Waals surface area contributed by atoms with Crippen molar-refractivity contribution in [1.82, 2.24) is 0 Å². The van der Waals surface area contributed by atoms with E-state index in [1.54, 1.807) is 30.3 Å². The lowest BCUT2D eigenvalue weighted by Gasteiger charge is -2.07. The van der Waals surface area contributed by atoms with Gasteiger partial charge >= 0.3 is 11.8 Å². The molecule has 3 nitrogen and oxygen atoms in total. The van der Waals surface area contributed by atoms with Gasteiger partial charge in [-0.15, -0.1) is 0 Å². The number of benzene rings is 2. The first-order chi connectivity index (χ1) is 10.9. The molecule has 0 aliphatic carbocycles. The largest absolute Gasteiger partial charge is 0.422 e. The Morgan fingerprint density at radius 1 is 0.957 bits per heavy atom. The maximum absolute atomic E-state index is 12.7. The minimum Gasteiger partial charge on any atom is -0.422 e. The zero-order valence-electron chi connectivity index (χ0n) is 11.6. The van der Waals surface area contributed by atoms with Gasteiger partial charge in [-0.3, -0.25) is 4.79 Å². The van der Waals surface area contributed by atoms with Gasteiger partial charge in [-0.2, -0.15) is 13.2 Å². The molecule has 0 bridgehead atoms. The van der Waals surface area contributed by atoms with Gasteiger partial charge in [0.1, 0.15) is 11.1 Å². The summed E-state index contributed by atoms with van der Waals surface area (Å²) in [4.78, 5) is 24.2. The Morgan fingerprint density at radius 2 is 1.65 bits per heavy atom. The van der Waals surface area contributed by atoms with Crippen LogP contribution >= 0.6 is 0 Å². The molecule has 0 unspecified atom stereocenters. The molecule has 1 aromatic heterocycles. The van der Waals surface area contributed by atoms with E-state index < -0.39 is 23.1 Å². The first kappa shape index (κ1) is 15.0. The Bertz CT molecular complexity index is 941. The molecule has 0 aliphatic heterocycles. The standard InChI is InChI=1S/C17H9F3O3/c18-17(19,20)12-7-6-11-8-13(16(22)23-14(11)9-12)15(21)10-4-2-1-3-5-10/h1-9H. The van der Waals surface area contributed by atoms with E-state index in [0.717, 1.165) is 12.1 Å². The second kappa shape index (κ2) is 5.39. The van der Waals surface area contributed by atoms with Gasteiger partial charge in [0, 0.05) is 10.9 Å². The highest BCUT2D eigenvalue weighted by Gasteiger charge is 2.31. The Kier molecular flexibility index (Phi) is 3.52. The molecular weight excluding hydrogens is 309 g/mol. The lowest BCUT2D eigenvalue weighted by molar-refractivity contribution is -0.137. The molecule has 3 rings (SSSR count). The van der Waals surface area contributed by atoms with Crippen molar-refractivity contribution in [3.05, 3.63) is 81.7 Å². The second-order valence-corrected chi connectivity index (χ2v) is 4.89. The monoisotopic (exact) mass is 318 g/mol. The molecule has 0 radical (unpaired) electrons. The first-order valence-electron chi connectivity index (χ1n) is 6.61.